The lowest BCUT2D eigenvalue weighted by Crippen LogP contribution is -3.27. The van der Waals surface area contributed by atoms with Crippen molar-refractivity contribution in [1.82, 2.24) is 20.2 Å². The Hall–Kier alpha value is -2.16. The normalized spacial score (nSPS) is 20.7. The first-order valence-corrected chi connectivity index (χ1v) is 9.37. The van der Waals surface area contributed by atoms with E-state index in [1.807, 2.05) is 11.3 Å². The van der Waals surface area contributed by atoms with Crippen molar-refractivity contribution in [3.63, 3.8) is 0 Å². The predicted molar refractivity (Wildman–Crippen MR) is 92.6 cm³/mol. The Morgan fingerprint density at radius 1 is 1.04 bits per heavy atom. The topological polar surface area (TPSA) is 52.5 Å². The van der Waals surface area contributed by atoms with Crippen molar-refractivity contribution in [2.45, 2.75) is 13.2 Å². The number of quaternary nitrogens is 2. The third-order valence-electron chi connectivity index (χ3n) is 4.59. The summed E-state index contributed by atoms with van der Waals surface area (Å²) in [5.41, 5.74) is 0.785. The van der Waals surface area contributed by atoms with Gasteiger partial charge in [0.1, 0.15) is 38.5 Å². The van der Waals surface area contributed by atoms with Gasteiger partial charge in [0.05, 0.1) is 4.88 Å². The molecule has 1 aromatic carbocycles. The van der Waals surface area contributed by atoms with Crippen molar-refractivity contribution in [1.29, 1.82) is 0 Å². The number of tetrazole rings is 1. The van der Waals surface area contributed by atoms with Crippen molar-refractivity contribution < 1.29 is 14.2 Å². The van der Waals surface area contributed by atoms with Gasteiger partial charge in [-0.2, -0.15) is 0 Å². The maximum Gasteiger partial charge on any atom is 0.205 e. The van der Waals surface area contributed by atoms with Crippen molar-refractivity contribution in [2.24, 2.45) is 0 Å². The summed E-state index contributed by atoms with van der Waals surface area (Å²) in [7, 11) is 0. The number of benzene rings is 1. The molecule has 1 aliphatic heterocycles. The molecule has 0 atom stereocenters. The first-order valence-electron chi connectivity index (χ1n) is 8.49. The second-order valence-electron chi connectivity index (χ2n) is 6.41. The van der Waals surface area contributed by atoms with Crippen molar-refractivity contribution in [3.05, 3.63) is 52.5 Å². The maximum absolute atomic E-state index is 13.0. The Bertz CT molecular complexity index is 793. The summed E-state index contributed by atoms with van der Waals surface area (Å²) >= 11 is 1.84. The average Bonchev–Trinajstić information content (AvgIpc) is 3.29. The molecule has 130 valence electrons. The number of hydrogen-bond donors (Lipinski definition) is 2. The van der Waals surface area contributed by atoms with Gasteiger partial charge in [-0.25, -0.2) is 4.39 Å². The molecule has 0 saturated carbocycles. The van der Waals surface area contributed by atoms with E-state index in [1.165, 1.54) is 21.9 Å². The Morgan fingerprint density at radius 2 is 1.80 bits per heavy atom. The molecular weight excluding hydrogens is 339 g/mol. The molecular formula is C17H21FN6S+2. The lowest BCUT2D eigenvalue weighted by Gasteiger charge is -2.28. The second-order valence-corrected chi connectivity index (χ2v) is 7.44. The highest BCUT2D eigenvalue weighted by molar-refractivity contribution is 7.09. The summed E-state index contributed by atoms with van der Waals surface area (Å²) in [6, 6.07) is 10.5. The summed E-state index contributed by atoms with van der Waals surface area (Å²) in [5, 5.41) is 14.8. The van der Waals surface area contributed by atoms with Gasteiger partial charge in [0.15, 0.2) is 6.67 Å². The predicted octanol–water partition coefficient (Wildman–Crippen LogP) is -0.518. The van der Waals surface area contributed by atoms with E-state index in [-0.39, 0.29) is 5.82 Å². The molecule has 1 fully saturated rings. The van der Waals surface area contributed by atoms with Gasteiger partial charge in [-0.1, -0.05) is 6.07 Å². The standard InChI is InChI=1S/C17H19FN6S/c18-15-5-3-14(4-6-15)17-19-21-24(20-17)13-23-9-7-22(8-10-23)12-16-2-1-11-25-16/h1-6,11H,7-10,12-13H2/p+2. The number of nitrogens with one attached hydrogen (secondary N) is 2. The number of hydrogen-bond acceptors (Lipinski definition) is 4. The van der Waals surface area contributed by atoms with Crippen LogP contribution in [-0.2, 0) is 13.2 Å². The fraction of sp³-hybridized carbons (Fsp3) is 0.353. The van der Waals surface area contributed by atoms with E-state index in [0.29, 0.717) is 5.82 Å². The molecule has 8 heteroatoms. The molecule has 0 amide bonds. The zero-order valence-corrected chi connectivity index (χ0v) is 14.7. The Kier molecular flexibility index (Phi) is 4.82. The van der Waals surface area contributed by atoms with E-state index in [9.17, 15) is 4.39 Å². The number of aromatic nitrogens is 4. The second kappa shape index (κ2) is 7.38. The van der Waals surface area contributed by atoms with E-state index < -0.39 is 0 Å². The molecule has 0 aliphatic carbocycles. The fourth-order valence-corrected chi connectivity index (χ4v) is 3.95. The minimum atomic E-state index is -0.261. The lowest BCUT2D eigenvalue weighted by molar-refractivity contribution is -1.03. The van der Waals surface area contributed by atoms with Gasteiger partial charge in [-0.3, -0.25) is 0 Å². The van der Waals surface area contributed by atoms with Crippen LogP contribution in [0.4, 0.5) is 4.39 Å². The smallest absolute Gasteiger partial charge is 0.205 e. The Balaban J connectivity index is 1.31. The minimum absolute atomic E-state index is 0.261. The van der Waals surface area contributed by atoms with Gasteiger partial charge < -0.3 is 9.80 Å². The fourth-order valence-electron chi connectivity index (χ4n) is 3.18. The Labute approximate surface area is 149 Å². The summed E-state index contributed by atoms with van der Waals surface area (Å²) in [6.45, 7) is 6.38. The van der Waals surface area contributed by atoms with Crippen LogP contribution in [0.3, 0.4) is 0 Å². The number of halogens is 1. The molecule has 4 rings (SSSR count). The van der Waals surface area contributed by atoms with E-state index in [0.717, 1.165) is 45.0 Å². The summed E-state index contributed by atoms with van der Waals surface area (Å²) in [5.74, 6) is 0.282. The SMILES string of the molecule is Fc1ccc(-c2nnn(C[NH+]3CC[NH+](Cc4cccs4)CC3)n2)cc1. The molecule has 3 heterocycles. The van der Waals surface area contributed by atoms with Crippen LogP contribution >= 0.6 is 11.3 Å². The number of rotatable bonds is 5. The molecule has 25 heavy (non-hydrogen) atoms. The van der Waals surface area contributed by atoms with Crippen molar-refractivity contribution in [2.75, 3.05) is 26.2 Å². The number of piperazine rings is 1. The van der Waals surface area contributed by atoms with Gasteiger partial charge in [0.25, 0.3) is 0 Å². The molecule has 1 aliphatic rings. The first kappa shape index (κ1) is 16.3. The quantitative estimate of drug-likeness (QED) is 0.644. The third kappa shape index (κ3) is 4.09. The zero-order valence-electron chi connectivity index (χ0n) is 13.9. The van der Waals surface area contributed by atoms with Crippen LogP contribution in [0, 0.1) is 5.82 Å². The molecule has 0 radical (unpaired) electrons. The van der Waals surface area contributed by atoms with E-state index >= 15 is 0 Å². The van der Waals surface area contributed by atoms with Gasteiger partial charge in [-0.05, 0) is 40.9 Å². The van der Waals surface area contributed by atoms with Crippen LogP contribution in [0.15, 0.2) is 41.8 Å². The Morgan fingerprint density at radius 3 is 2.52 bits per heavy atom. The lowest BCUT2D eigenvalue weighted by atomic mass is 10.2. The average molecular weight is 360 g/mol. The van der Waals surface area contributed by atoms with E-state index in [1.54, 1.807) is 21.8 Å². The van der Waals surface area contributed by atoms with Crippen LogP contribution in [0.2, 0.25) is 0 Å². The zero-order chi connectivity index (χ0) is 17.1. The number of nitrogens with zero attached hydrogens (tertiary/aromatic N) is 4. The van der Waals surface area contributed by atoms with Gasteiger partial charge >= 0.3 is 0 Å². The van der Waals surface area contributed by atoms with Crippen molar-refractivity contribution in [3.8, 4) is 11.4 Å². The van der Waals surface area contributed by atoms with Crippen LogP contribution in [-0.4, -0.2) is 46.4 Å². The summed E-state index contributed by atoms with van der Waals surface area (Å²) in [6.07, 6.45) is 0. The first-order chi connectivity index (χ1) is 12.3. The molecule has 2 N–H and O–H groups in total. The summed E-state index contributed by atoms with van der Waals surface area (Å²) in [4.78, 5) is 6.22. The van der Waals surface area contributed by atoms with Crippen LogP contribution in [0.1, 0.15) is 4.88 Å². The summed E-state index contributed by atoms with van der Waals surface area (Å²) < 4.78 is 13.0. The molecule has 0 spiro atoms. The number of thiophene rings is 1. The molecule has 6 nitrogen and oxygen atoms in total. The van der Waals surface area contributed by atoms with E-state index in [2.05, 4.69) is 32.9 Å². The highest BCUT2D eigenvalue weighted by atomic mass is 32.1. The highest BCUT2D eigenvalue weighted by Gasteiger charge is 2.24. The molecule has 0 bridgehead atoms. The molecule has 1 saturated heterocycles. The molecule has 3 aromatic rings. The molecule has 2 aromatic heterocycles. The highest BCUT2D eigenvalue weighted by Crippen LogP contribution is 2.13. The van der Waals surface area contributed by atoms with Crippen LogP contribution in [0.5, 0.6) is 0 Å². The monoisotopic (exact) mass is 360 g/mol. The van der Waals surface area contributed by atoms with E-state index in [4.69, 9.17) is 0 Å². The van der Waals surface area contributed by atoms with Gasteiger partial charge in [0.2, 0.25) is 5.82 Å². The van der Waals surface area contributed by atoms with Crippen molar-refractivity contribution >= 4 is 11.3 Å². The maximum atomic E-state index is 13.0. The van der Waals surface area contributed by atoms with Gasteiger partial charge in [0, 0.05) is 5.56 Å². The largest absolute Gasteiger partial charge is 0.321 e. The van der Waals surface area contributed by atoms with Crippen LogP contribution in [0.25, 0.3) is 11.4 Å². The molecule has 0 unspecified atom stereocenters. The third-order valence-corrected chi connectivity index (χ3v) is 5.47. The minimum Gasteiger partial charge on any atom is -0.321 e. The van der Waals surface area contributed by atoms with Gasteiger partial charge in [-0.15, -0.1) is 26.3 Å². The van der Waals surface area contributed by atoms with Crippen LogP contribution < -0.4 is 9.80 Å².